The van der Waals surface area contributed by atoms with Crippen LogP contribution in [0.5, 0.6) is 0 Å². The molecule has 0 spiro atoms. The number of thioether (sulfide) groups is 1. The van der Waals surface area contributed by atoms with Crippen LogP contribution in [-0.4, -0.2) is 34.9 Å². The Labute approximate surface area is 170 Å². The summed E-state index contributed by atoms with van der Waals surface area (Å²) >= 11 is 1.30. The molecule has 1 aliphatic heterocycles. The van der Waals surface area contributed by atoms with Gasteiger partial charge in [0.15, 0.2) is 5.16 Å². The quantitative estimate of drug-likeness (QED) is 0.363. The Kier molecular flexibility index (Phi) is 5.84. The molecule has 3 rings (SSSR count). The van der Waals surface area contributed by atoms with Crippen LogP contribution in [0, 0.1) is 13.8 Å². The van der Waals surface area contributed by atoms with Crippen LogP contribution >= 0.6 is 11.8 Å². The van der Waals surface area contributed by atoms with Gasteiger partial charge in [-0.25, -0.2) is 15.4 Å². The second-order valence-electron chi connectivity index (χ2n) is 7.29. The molecule has 6 nitrogen and oxygen atoms in total. The highest BCUT2D eigenvalue weighted by Crippen LogP contribution is 2.46. The molecule has 0 saturated carbocycles. The molecule has 0 fully saturated rings. The lowest BCUT2D eigenvalue weighted by Crippen LogP contribution is -2.23. The molecule has 2 aromatic rings. The van der Waals surface area contributed by atoms with Gasteiger partial charge in [-0.2, -0.15) is 5.10 Å². The number of benzene rings is 1. The fraction of sp³-hybridized carbons (Fsp3) is 0.333. The summed E-state index contributed by atoms with van der Waals surface area (Å²) in [4.78, 5) is 22.8. The standard InChI is InChI=1S/C21H25N5OS/c1-14-12-15(2)24-20(23-14)28-13-19(27)25-22-11-10-18-21(3,4)16-8-6-7-9-17(16)26(18)5/h6-12H,13H2,1-5H3,(H,25,27)/b18-10-,22-11-. The molecule has 1 aromatic carbocycles. The average molecular weight is 396 g/mol. The number of aromatic nitrogens is 2. The molecule has 0 atom stereocenters. The highest BCUT2D eigenvalue weighted by molar-refractivity contribution is 7.99. The monoisotopic (exact) mass is 395 g/mol. The van der Waals surface area contributed by atoms with Crippen molar-refractivity contribution in [2.45, 2.75) is 38.3 Å². The molecule has 1 N–H and O–H groups in total. The molecule has 28 heavy (non-hydrogen) atoms. The molecule has 0 unspecified atom stereocenters. The fourth-order valence-electron chi connectivity index (χ4n) is 3.44. The number of hydrogen-bond acceptors (Lipinski definition) is 6. The van der Waals surface area contributed by atoms with Gasteiger partial charge in [-0.05, 0) is 37.6 Å². The molecule has 2 heterocycles. The summed E-state index contributed by atoms with van der Waals surface area (Å²) in [5.41, 5.74) is 7.84. The summed E-state index contributed by atoms with van der Waals surface area (Å²) in [6.45, 7) is 8.20. The van der Waals surface area contributed by atoms with Gasteiger partial charge in [0.25, 0.3) is 5.91 Å². The highest BCUT2D eigenvalue weighted by atomic mass is 32.2. The molecule has 1 aliphatic rings. The number of aryl methyl sites for hydroxylation is 2. The summed E-state index contributed by atoms with van der Waals surface area (Å²) in [6.07, 6.45) is 3.58. The minimum absolute atomic E-state index is 0.113. The third-order valence-electron chi connectivity index (χ3n) is 4.73. The molecule has 7 heteroatoms. The number of allylic oxidation sites excluding steroid dienone is 2. The maximum atomic E-state index is 12.0. The van der Waals surface area contributed by atoms with Crippen molar-refractivity contribution in [2.75, 3.05) is 17.7 Å². The first kappa shape index (κ1) is 20.1. The SMILES string of the molecule is Cc1cc(C)nc(SCC(=O)N/N=C\C=C2/N(C)c3ccccc3C2(C)C)n1. The zero-order chi connectivity index (χ0) is 20.3. The Morgan fingerprint density at radius 2 is 1.93 bits per heavy atom. The smallest absolute Gasteiger partial charge is 0.250 e. The molecule has 0 radical (unpaired) electrons. The molecule has 146 valence electrons. The van der Waals surface area contributed by atoms with E-state index in [1.165, 1.54) is 23.0 Å². The van der Waals surface area contributed by atoms with Gasteiger partial charge >= 0.3 is 0 Å². The minimum Gasteiger partial charge on any atom is -0.347 e. The highest BCUT2D eigenvalue weighted by Gasteiger charge is 2.37. The summed E-state index contributed by atoms with van der Waals surface area (Å²) in [6, 6.07) is 10.3. The van der Waals surface area contributed by atoms with E-state index in [0.29, 0.717) is 5.16 Å². The predicted molar refractivity (Wildman–Crippen MR) is 115 cm³/mol. The van der Waals surface area contributed by atoms with Crippen molar-refractivity contribution in [3.63, 3.8) is 0 Å². The van der Waals surface area contributed by atoms with Gasteiger partial charge in [-0.15, -0.1) is 0 Å². The number of nitrogens with one attached hydrogen (secondary N) is 1. The number of hydrogen-bond donors (Lipinski definition) is 1. The van der Waals surface area contributed by atoms with E-state index < -0.39 is 0 Å². The lowest BCUT2D eigenvalue weighted by molar-refractivity contribution is -0.118. The fourth-order valence-corrected chi connectivity index (χ4v) is 4.18. The molecule has 0 saturated heterocycles. The van der Waals surface area contributed by atoms with Gasteiger partial charge in [0.1, 0.15) is 0 Å². The number of amides is 1. The van der Waals surface area contributed by atoms with Gasteiger partial charge in [-0.1, -0.05) is 43.8 Å². The van der Waals surface area contributed by atoms with E-state index in [9.17, 15) is 4.79 Å². The van der Waals surface area contributed by atoms with E-state index in [4.69, 9.17) is 0 Å². The lowest BCUT2D eigenvalue weighted by atomic mass is 9.84. The van der Waals surface area contributed by atoms with Crippen LogP contribution in [0.3, 0.4) is 0 Å². The van der Waals surface area contributed by atoms with Crippen LogP contribution in [-0.2, 0) is 10.2 Å². The number of carbonyl (C=O) groups is 1. The number of nitrogens with zero attached hydrogens (tertiary/aromatic N) is 4. The maximum absolute atomic E-state index is 12.0. The summed E-state index contributed by atoms with van der Waals surface area (Å²) in [5, 5.41) is 4.67. The van der Waals surface area contributed by atoms with Crippen LogP contribution in [0.4, 0.5) is 5.69 Å². The second-order valence-corrected chi connectivity index (χ2v) is 8.23. The van der Waals surface area contributed by atoms with Gasteiger partial charge in [0, 0.05) is 41.4 Å². The minimum atomic E-state index is -0.190. The van der Waals surface area contributed by atoms with Gasteiger partial charge in [0.05, 0.1) is 5.75 Å². The molecule has 0 bridgehead atoms. The first-order valence-corrected chi connectivity index (χ1v) is 10.1. The molecular weight excluding hydrogens is 370 g/mol. The van der Waals surface area contributed by atoms with Crippen LogP contribution in [0.15, 0.2) is 52.4 Å². The molecular formula is C21H25N5OS. The molecule has 1 amide bonds. The zero-order valence-electron chi connectivity index (χ0n) is 16.9. The number of para-hydroxylation sites is 1. The Hall–Kier alpha value is -2.67. The number of carbonyl (C=O) groups excluding carboxylic acids is 1. The van der Waals surface area contributed by atoms with Gasteiger partial charge < -0.3 is 4.90 Å². The first-order chi connectivity index (χ1) is 13.3. The van der Waals surface area contributed by atoms with Gasteiger partial charge in [-0.3, -0.25) is 4.79 Å². The van der Waals surface area contributed by atoms with E-state index >= 15 is 0 Å². The van der Waals surface area contributed by atoms with Crippen molar-refractivity contribution in [1.82, 2.24) is 15.4 Å². The van der Waals surface area contributed by atoms with E-state index in [0.717, 1.165) is 17.1 Å². The number of anilines is 1. The van der Waals surface area contributed by atoms with Crippen molar-refractivity contribution >= 4 is 29.6 Å². The number of fused-ring (bicyclic) bond motifs is 1. The largest absolute Gasteiger partial charge is 0.347 e. The van der Waals surface area contributed by atoms with Gasteiger partial charge in [0.2, 0.25) is 0 Å². The Balaban J connectivity index is 1.58. The Bertz CT molecular complexity index is 931. The third-order valence-corrected chi connectivity index (χ3v) is 5.58. The predicted octanol–water partition coefficient (Wildman–Crippen LogP) is 3.60. The van der Waals surface area contributed by atoms with E-state index in [-0.39, 0.29) is 17.1 Å². The Morgan fingerprint density at radius 3 is 2.61 bits per heavy atom. The van der Waals surface area contributed by atoms with E-state index in [2.05, 4.69) is 57.4 Å². The summed E-state index contributed by atoms with van der Waals surface area (Å²) in [7, 11) is 2.05. The Morgan fingerprint density at radius 1 is 1.25 bits per heavy atom. The van der Waals surface area contributed by atoms with E-state index in [1.807, 2.05) is 39.1 Å². The second kappa shape index (κ2) is 8.14. The normalized spacial score (nSPS) is 16.6. The first-order valence-electron chi connectivity index (χ1n) is 9.10. The summed E-state index contributed by atoms with van der Waals surface area (Å²) < 4.78 is 0. The number of likely N-dealkylation sites (N-methyl/N-ethyl adjacent to an activating group) is 1. The zero-order valence-corrected chi connectivity index (χ0v) is 17.7. The molecule has 1 aromatic heterocycles. The third kappa shape index (κ3) is 4.25. The average Bonchev–Trinajstić information content (AvgIpc) is 2.83. The topological polar surface area (TPSA) is 70.5 Å². The van der Waals surface area contributed by atoms with Crippen molar-refractivity contribution in [3.8, 4) is 0 Å². The lowest BCUT2D eigenvalue weighted by Gasteiger charge is -2.23. The maximum Gasteiger partial charge on any atom is 0.250 e. The van der Waals surface area contributed by atoms with E-state index in [1.54, 1.807) is 6.21 Å². The summed E-state index contributed by atoms with van der Waals surface area (Å²) in [5.74, 6) is 0.0259. The van der Waals surface area contributed by atoms with Crippen molar-refractivity contribution in [2.24, 2.45) is 5.10 Å². The van der Waals surface area contributed by atoms with Crippen molar-refractivity contribution in [3.05, 3.63) is 59.1 Å². The van der Waals surface area contributed by atoms with Crippen LogP contribution in [0.1, 0.15) is 30.8 Å². The molecule has 0 aliphatic carbocycles. The number of rotatable bonds is 5. The van der Waals surface area contributed by atoms with Crippen LogP contribution < -0.4 is 10.3 Å². The number of hydrazone groups is 1. The van der Waals surface area contributed by atoms with Crippen molar-refractivity contribution in [1.29, 1.82) is 0 Å². The van der Waals surface area contributed by atoms with Crippen LogP contribution in [0.2, 0.25) is 0 Å². The van der Waals surface area contributed by atoms with Crippen LogP contribution in [0.25, 0.3) is 0 Å². The van der Waals surface area contributed by atoms with Crippen molar-refractivity contribution < 1.29 is 4.79 Å².